The number of amides is 1. The number of hydrogen-bond acceptors (Lipinski definition) is 3. The van der Waals surface area contributed by atoms with Crippen molar-refractivity contribution >= 4 is 17.5 Å². The molecule has 1 atom stereocenters. The number of pyridine rings is 1. The molecule has 1 aliphatic rings. The average Bonchev–Trinajstić information content (AvgIpc) is 3.10. The Morgan fingerprint density at radius 1 is 1.03 bits per heavy atom. The van der Waals surface area contributed by atoms with Gasteiger partial charge in [-0.1, -0.05) is 11.6 Å². The monoisotopic (exact) mass is 502 g/mol. The quantitative estimate of drug-likeness (QED) is 0.428. The lowest BCUT2D eigenvalue weighted by Crippen LogP contribution is -2.29. The third-order valence-electron chi connectivity index (χ3n) is 5.42. The summed E-state index contributed by atoms with van der Waals surface area (Å²) in [6, 6.07) is 5.85. The van der Waals surface area contributed by atoms with E-state index in [0.29, 0.717) is 31.5 Å². The first-order valence-corrected chi connectivity index (χ1v) is 10.6. The Labute approximate surface area is 194 Å². The van der Waals surface area contributed by atoms with E-state index in [-0.39, 0.29) is 21.8 Å². The number of carbonyl (C=O) groups excluding carboxylic acids is 1. The smallest absolute Gasteiger partial charge is 0.344 e. The van der Waals surface area contributed by atoms with Crippen LogP contribution >= 0.6 is 11.6 Å². The number of rotatable bonds is 3. The van der Waals surface area contributed by atoms with Gasteiger partial charge in [0.15, 0.2) is 0 Å². The van der Waals surface area contributed by atoms with Crippen LogP contribution in [0.5, 0.6) is 0 Å². The summed E-state index contributed by atoms with van der Waals surface area (Å²) in [6.45, 7) is 0.480. The maximum Gasteiger partial charge on any atom is 0.433 e. The first-order chi connectivity index (χ1) is 15.9. The van der Waals surface area contributed by atoms with Crippen molar-refractivity contribution in [3.8, 4) is 11.3 Å². The summed E-state index contributed by atoms with van der Waals surface area (Å²) in [4.78, 5) is 16.1. The molecule has 0 aliphatic carbocycles. The first-order valence-electron chi connectivity index (χ1n) is 10.2. The number of alkyl halides is 6. The largest absolute Gasteiger partial charge is 0.433 e. The molecule has 0 saturated heterocycles. The molecule has 4 rings (SSSR count). The molecule has 2 aromatic heterocycles. The van der Waals surface area contributed by atoms with Crippen LogP contribution in [-0.2, 0) is 18.9 Å². The zero-order chi connectivity index (χ0) is 24.7. The molecule has 1 amide bonds. The Morgan fingerprint density at radius 3 is 2.50 bits per heavy atom. The van der Waals surface area contributed by atoms with Gasteiger partial charge in [0.25, 0.3) is 5.91 Å². The topological polar surface area (TPSA) is 59.8 Å². The predicted molar refractivity (Wildman–Crippen MR) is 111 cm³/mol. The van der Waals surface area contributed by atoms with Crippen LogP contribution in [0.3, 0.4) is 0 Å². The number of benzene rings is 1. The highest BCUT2D eigenvalue weighted by molar-refractivity contribution is 6.31. The van der Waals surface area contributed by atoms with Crippen molar-refractivity contribution in [2.75, 3.05) is 0 Å². The molecule has 12 heteroatoms. The molecular formula is C22H17ClF6N4O. The van der Waals surface area contributed by atoms with Gasteiger partial charge in [0.2, 0.25) is 0 Å². The van der Waals surface area contributed by atoms with E-state index >= 15 is 0 Å². The lowest BCUT2D eigenvalue weighted by Gasteiger charge is -2.18. The molecule has 0 unspecified atom stereocenters. The van der Waals surface area contributed by atoms with Crippen LogP contribution in [0.4, 0.5) is 26.3 Å². The van der Waals surface area contributed by atoms with E-state index in [1.54, 1.807) is 10.7 Å². The van der Waals surface area contributed by atoms with Crippen molar-refractivity contribution < 1.29 is 31.1 Å². The van der Waals surface area contributed by atoms with Crippen molar-refractivity contribution in [1.82, 2.24) is 20.1 Å². The zero-order valence-corrected chi connectivity index (χ0v) is 18.1. The minimum atomic E-state index is -4.67. The Kier molecular flexibility index (Phi) is 6.32. The normalized spacial score (nSPS) is 16.6. The standard InChI is InChI=1S/C22H17ClF6N4O/c23-15-8-13(7-14(10-15)21(24,25)26)20(34)31-16-3-1-2-6-33-18(16)11-17(32-33)12-4-5-30-19(9-12)22(27,28)29/h4-5,7-11,16H,1-3,6H2,(H,31,34)/t16-/m0/s1. The van der Waals surface area contributed by atoms with E-state index in [1.807, 2.05) is 0 Å². The number of nitrogens with one attached hydrogen (secondary N) is 1. The Balaban J connectivity index is 1.64. The summed E-state index contributed by atoms with van der Waals surface area (Å²) in [5.41, 5.74) is -1.33. The fourth-order valence-corrected chi connectivity index (χ4v) is 4.04. The van der Waals surface area contributed by atoms with Gasteiger partial charge in [-0.15, -0.1) is 0 Å². The van der Waals surface area contributed by atoms with Crippen LogP contribution in [0.1, 0.15) is 52.6 Å². The number of aryl methyl sites for hydroxylation is 1. The lowest BCUT2D eigenvalue weighted by molar-refractivity contribution is -0.141. The average molecular weight is 503 g/mol. The Hall–Kier alpha value is -3.08. The molecule has 1 aliphatic heterocycles. The highest BCUT2D eigenvalue weighted by Crippen LogP contribution is 2.34. The summed E-state index contributed by atoms with van der Waals surface area (Å²) in [7, 11) is 0. The van der Waals surface area contributed by atoms with Gasteiger partial charge in [-0.05, 0) is 55.7 Å². The fourth-order valence-electron chi connectivity index (χ4n) is 3.81. The summed E-state index contributed by atoms with van der Waals surface area (Å²) < 4.78 is 80.1. The molecule has 3 heterocycles. The van der Waals surface area contributed by atoms with E-state index in [4.69, 9.17) is 11.6 Å². The minimum Gasteiger partial charge on any atom is -0.344 e. The number of aromatic nitrogens is 3. The summed E-state index contributed by atoms with van der Waals surface area (Å²) >= 11 is 5.79. The Morgan fingerprint density at radius 2 is 1.79 bits per heavy atom. The van der Waals surface area contributed by atoms with Crippen molar-refractivity contribution in [3.05, 3.63) is 70.1 Å². The number of nitrogens with zero attached hydrogens (tertiary/aromatic N) is 3. The van der Waals surface area contributed by atoms with Gasteiger partial charge in [-0.2, -0.15) is 31.4 Å². The molecule has 180 valence electrons. The van der Waals surface area contributed by atoms with Gasteiger partial charge in [0.1, 0.15) is 5.69 Å². The molecule has 0 saturated carbocycles. The van der Waals surface area contributed by atoms with Gasteiger partial charge in [-0.3, -0.25) is 14.5 Å². The lowest BCUT2D eigenvalue weighted by atomic mass is 10.0. The molecule has 0 fully saturated rings. The van der Waals surface area contributed by atoms with Crippen molar-refractivity contribution in [2.24, 2.45) is 0 Å². The van der Waals surface area contributed by atoms with Crippen LogP contribution in [0, 0.1) is 0 Å². The van der Waals surface area contributed by atoms with Crippen LogP contribution in [-0.4, -0.2) is 20.7 Å². The van der Waals surface area contributed by atoms with E-state index in [0.717, 1.165) is 30.5 Å². The van der Waals surface area contributed by atoms with Gasteiger partial charge in [0, 0.05) is 28.9 Å². The second-order valence-electron chi connectivity index (χ2n) is 7.85. The van der Waals surface area contributed by atoms with E-state index in [9.17, 15) is 31.1 Å². The first kappa shape index (κ1) is 24.1. The molecule has 5 nitrogen and oxygen atoms in total. The van der Waals surface area contributed by atoms with Gasteiger partial charge < -0.3 is 5.32 Å². The molecule has 34 heavy (non-hydrogen) atoms. The fraction of sp³-hybridized carbons (Fsp3) is 0.318. The van der Waals surface area contributed by atoms with E-state index < -0.39 is 35.6 Å². The number of carbonyl (C=O) groups is 1. The van der Waals surface area contributed by atoms with E-state index in [2.05, 4.69) is 15.4 Å². The molecular weight excluding hydrogens is 486 g/mol. The third-order valence-corrected chi connectivity index (χ3v) is 5.64. The second-order valence-corrected chi connectivity index (χ2v) is 8.29. The number of halogens is 7. The van der Waals surface area contributed by atoms with Crippen molar-refractivity contribution in [3.63, 3.8) is 0 Å². The minimum absolute atomic E-state index is 0.206. The van der Waals surface area contributed by atoms with Crippen LogP contribution in [0.2, 0.25) is 5.02 Å². The third kappa shape index (κ3) is 5.19. The molecule has 3 aromatic rings. The van der Waals surface area contributed by atoms with Crippen molar-refractivity contribution in [2.45, 2.75) is 44.2 Å². The second kappa shape index (κ2) is 8.94. The summed E-state index contributed by atoms with van der Waals surface area (Å²) in [5, 5.41) is 6.88. The van der Waals surface area contributed by atoms with Crippen molar-refractivity contribution in [1.29, 1.82) is 0 Å². The maximum absolute atomic E-state index is 13.1. The molecule has 1 aromatic carbocycles. The number of fused-ring (bicyclic) bond motifs is 1. The SMILES string of the molecule is O=C(N[C@H]1CCCCn2nc(-c3ccnc(C(F)(F)F)c3)cc21)c1cc(Cl)cc(C(F)(F)F)c1. The van der Waals surface area contributed by atoms with Gasteiger partial charge in [0.05, 0.1) is 23.0 Å². The van der Waals surface area contributed by atoms with Crippen LogP contribution in [0.15, 0.2) is 42.6 Å². The van der Waals surface area contributed by atoms with Crippen LogP contribution < -0.4 is 5.32 Å². The molecule has 0 radical (unpaired) electrons. The molecule has 1 N–H and O–H groups in total. The van der Waals surface area contributed by atoms with Gasteiger partial charge in [-0.25, -0.2) is 0 Å². The Bertz CT molecular complexity index is 1220. The highest BCUT2D eigenvalue weighted by atomic mass is 35.5. The van der Waals surface area contributed by atoms with Crippen LogP contribution in [0.25, 0.3) is 11.3 Å². The molecule has 0 bridgehead atoms. The van der Waals surface area contributed by atoms with E-state index in [1.165, 1.54) is 6.07 Å². The maximum atomic E-state index is 13.1. The van der Waals surface area contributed by atoms with Gasteiger partial charge >= 0.3 is 12.4 Å². The highest BCUT2D eigenvalue weighted by Gasteiger charge is 2.34. The molecule has 0 spiro atoms. The number of hydrogen-bond donors (Lipinski definition) is 1. The summed E-state index contributed by atoms with van der Waals surface area (Å²) in [5.74, 6) is -0.752. The zero-order valence-electron chi connectivity index (χ0n) is 17.3. The summed E-state index contributed by atoms with van der Waals surface area (Å²) in [6.07, 6.45) is -6.35. The predicted octanol–water partition coefficient (Wildman–Crippen LogP) is 6.29.